The van der Waals surface area contributed by atoms with E-state index in [1.54, 1.807) is 10.8 Å². The van der Waals surface area contributed by atoms with Gasteiger partial charge in [0.15, 0.2) is 0 Å². The summed E-state index contributed by atoms with van der Waals surface area (Å²) in [5.74, 6) is 0.137. The van der Waals surface area contributed by atoms with Crippen LogP contribution in [0.2, 0.25) is 0 Å². The molecular weight excluding hydrogens is 262 g/mol. The molecule has 7 heteroatoms. The van der Waals surface area contributed by atoms with Gasteiger partial charge < -0.3 is 5.32 Å². The van der Waals surface area contributed by atoms with Crippen molar-refractivity contribution >= 4 is 22.2 Å². The molecule has 2 aromatic heterocycles. The van der Waals surface area contributed by atoms with Crippen molar-refractivity contribution in [1.82, 2.24) is 25.1 Å². The number of nitrogens with one attached hydrogen (secondary N) is 1. The lowest BCUT2D eigenvalue weighted by molar-refractivity contribution is -0.121. The van der Waals surface area contributed by atoms with Gasteiger partial charge in [-0.2, -0.15) is 9.61 Å². The van der Waals surface area contributed by atoms with Crippen LogP contribution in [-0.4, -0.2) is 31.8 Å². The Morgan fingerprint density at radius 1 is 1.42 bits per heavy atom. The summed E-state index contributed by atoms with van der Waals surface area (Å²) in [6.07, 6.45) is 8.79. The highest BCUT2D eigenvalue weighted by atomic mass is 32.1. The highest BCUT2D eigenvalue weighted by Crippen LogP contribution is 2.18. The SMILES string of the molecule is O=C(CCc1nn2cnnc2s1)NC1CCCCC1. The van der Waals surface area contributed by atoms with Crippen molar-refractivity contribution in [2.75, 3.05) is 0 Å². The minimum absolute atomic E-state index is 0.137. The number of carbonyl (C=O) groups excluding carboxylic acids is 1. The van der Waals surface area contributed by atoms with Gasteiger partial charge in [-0.1, -0.05) is 30.6 Å². The van der Waals surface area contributed by atoms with Gasteiger partial charge in [-0.15, -0.1) is 10.2 Å². The number of hydrogen-bond donors (Lipinski definition) is 1. The van der Waals surface area contributed by atoms with Crippen molar-refractivity contribution in [2.24, 2.45) is 0 Å². The van der Waals surface area contributed by atoms with E-state index in [0.29, 0.717) is 18.9 Å². The predicted octanol–water partition coefficient (Wildman–Crippen LogP) is 1.57. The Labute approximate surface area is 115 Å². The van der Waals surface area contributed by atoms with Crippen LogP contribution in [0, 0.1) is 0 Å². The molecular formula is C12H17N5OS. The normalized spacial score (nSPS) is 16.8. The van der Waals surface area contributed by atoms with Crippen LogP contribution in [0.25, 0.3) is 4.96 Å². The van der Waals surface area contributed by atoms with Gasteiger partial charge in [0, 0.05) is 18.9 Å². The van der Waals surface area contributed by atoms with Crippen molar-refractivity contribution < 1.29 is 4.79 Å². The van der Waals surface area contributed by atoms with Crippen LogP contribution >= 0.6 is 11.3 Å². The van der Waals surface area contributed by atoms with E-state index in [0.717, 1.165) is 22.8 Å². The van der Waals surface area contributed by atoms with Gasteiger partial charge in [0.1, 0.15) is 11.3 Å². The zero-order valence-corrected chi connectivity index (χ0v) is 11.5. The Bertz CT molecular complexity index is 529. The predicted molar refractivity (Wildman–Crippen MR) is 72.0 cm³/mol. The summed E-state index contributed by atoms with van der Waals surface area (Å²) in [6, 6.07) is 0.388. The van der Waals surface area contributed by atoms with E-state index in [4.69, 9.17) is 0 Å². The fraction of sp³-hybridized carbons (Fsp3) is 0.667. The second-order valence-electron chi connectivity index (χ2n) is 4.96. The zero-order chi connectivity index (χ0) is 13.1. The molecule has 1 N–H and O–H groups in total. The molecule has 0 aliphatic heterocycles. The number of aryl methyl sites for hydroxylation is 1. The lowest BCUT2D eigenvalue weighted by Gasteiger charge is -2.22. The number of amides is 1. The first-order valence-electron chi connectivity index (χ1n) is 6.76. The third-order valence-corrected chi connectivity index (χ3v) is 4.44. The fourth-order valence-corrected chi connectivity index (χ4v) is 3.28. The Morgan fingerprint density at radius 3 is 3.05 bits per heavy atom. The molecule has 0 bridgehead atoms. The highest BCUT2D eigenvalue weighted by molar-refractivity contribution is 7.16. The summed E-state index contributed by atoms with van der Waals surface area (Å²) in [5.41, 5.74) is 0. The second kappa shape index (κ2) is 5.64. The van der Waals surface area contributed by atoms with Crippen LogP contribution in [0.1, 0.15) is 43.5 Å². The number of hydrogen-bond acceptors (Lipinski definition) is 5. The Hall–Kier alpha value is -1.50. The maximum Gasteiger partial charge on any atom is 0.234 e. The minimum Gasteiger partial charge on any atom is -0.353 e. The van der Waals surface area contributed by atoms with E-state index in [1.165, 1.54) is 30.6 Å². The van der Waals surface area contributed by atoms with Gasteiger partial charge in [0.25, 0.3) is 0 Å². The quantitative estimate of drug-likeness (QED) is 0.922. The van der Waals surface area contributed by atoms with Crippen molar-refractivity contribution in [2.45, 2.75) is 51.0 Å². The standard InChI is InChI=1S/C12H17N5OS/c18-10(14-9-4-2-1-3-5-9)6-7-11-16-17-8-13-15-12(17)19-11/h8-9H,1-7H2,(H,14,18). The van der Waals surface area contributed by atoms with Gasteiger partial charge in [-0.05, 0) is 12.8 Å². The number of nitrogens with zero attached hydrogens (tertiary/aromatic N) is 4. The first-order valence-corrected chi connectivity index (χ1v) is 7.58. The summed E-state index contributed by atoms with van der Waals surface area (Å²) >= 11 is 1.49. The molecule has 6 nitrogen and oxygen atoms in total. The Morgan fingerprint density at radius 2 is 2.26 bits per heavy atom. The zero-order valence-electron chi connectivity index (χ0n) is 10.7. The minimum atomic E-state index is 0.137. The number of rotatable bonds is 4. The first-order chi connectivity index (χ1) is 9.31. The Balaban J connectivity index is 1.48. The summed E-state index contributed by atoms with van der Waals surface area (Å²) in [5, 5.41) is 16.1. The lowest BCUT2D eigenvalue weighted by Crippen LogP contribution is -2.36. The average molecular weight is 279 g/mol. The molecule has 0 spiro atoms. The van der Waals surface area contributed by atoms with Gasteiger partial charge in [-0.3, -0.25) is 4.79 Å². The van der Waals surface area contributed by atoms with Crippen molar-refractivity contribution in [1.29, 1.82) is 0 Å². The maximum absolute atomic E-state index is 11.9. The average Bonchev–Trinajstić information content (AvgIpc) is 2.98. The lowest BCUT2D eigenvalue weighted by atomic mass is 9.95. The van der Waals surface area contributed by atoms with E-state index in [-0.39, 0.29) is 5.91 Å². The summed E-state index contributed by atoms with van der Waals surface area (Å²) in [7, 11) is 0. The molecule has 3 rings (SSSR count). The summed E-state index contributed by atoms with van der Waals surface area (Å²) in [4.78, 5) is 12.6. The van der Waals surface area contributed by atoms with E-state index < -0.39 is 0 Å². The van der Waals surface area contributed by atoms with Crippen LogP contribution in [0.4, 0.5) is 0 Å². The van der Waals surface area contributed by atoms with Crippen LogP contribution in [0.3, 0.4) is 0 Å². The van der Waals surface area contributed by atoms with E-state index in [9.17, 15) is 4.79 Å². The smallest absolute Gasteiger partial charge is 0.234 e. The topological polar surface area (TPSA) is 72.2 Å². The molecule has 1 aliphatic rings. The van der Waals surface area contributed by atoms with Gasteiger partial charge >= 0.3 is 0 Å². The molecule has 1 saturated carbocycles. The van der Waals surface area contributed by atoms with Gasteiger partial charge in [0.2, 0.25) is 10.9 Å². The van der Waals surface area contributed by atoms with Crippen molar-refractivity contribution in [3.63, 3.8) is 0 Å². The molecule has 0 radical (unpaired) electrons. The molecule has 0 aromatic carbocycles. The number of aromatic nitrogens is 4. The van der Waals surface area contributed by atoms with E-state index >= 15 is 0 Å². The largest absolute Gasteiger partial charge is 0.353 e. The molecule has 102 valence electrons. The molecule has 0 atom stereocenters. The number of carbonyl (C=O) groups is 1. The van der Waals surface area contributed by atoms with Crippen LogP contribution in [-0.2, 0) is 11.2 Å². The van der Waals surface area contributed by atoms with Gasteiger partial charge in [-0.25, -0.2) is 0 Å². The third-order valence-electron chi connectivity index (χ3n) is 3.46. The summed E-state index contributed by atoms with van der Waals surface area (Å²) < 4.78 is 1.65. The van der Waals surface area contributed by atoms with Crippen LogP contribution < -0.4 is 5.32 Å². The van der Waals surface area contributed by atoms with E-state index in [1.807, 2.05) is 0 Å². The van der Waals surface area contributed by atoms with Crippen LogP contribution in [0.5, 0.6) is 0 Å². The van der Waals surface area contributed by atoms with Crippen molar-refractivity contribution in [3.8, 4) is 0 Å². The number of fused-ring (bicyclic) bond motifs is 1. The molecule has 1 amide bonds. The fourth-order valence-electron chi connectivity index (χ4n) is 2.47. The maximum atomic E-state index is 11.9. The van der Waals surface area contributed by atoms with E-state index in [2.05, 4.69) is 20.6 Å². The summed E-state index contributed by atoms with van der Waals surface area (Å²) in [6.45, 7) is 0. The molecule has 1 aliphatic carbocycles. The monoisotopic (exact) mass is 279 g/mol. The van der Waals surface area contributed by atoms with Gasteiger partial charge in [0.05, 0.1) is 0 Å². The second-order valence-corrected chi connectivity index (χ2v) is 6.00. The molecule has 0 saturated heterocycles. The Kier molecular flexibility index (Phi) is 3.72. The van der Waals surface area contributed by atoms with Crippen molar-refractivity contribution in [3.05, 3.63) is 11.3 Å². The molecule has 1 fully saturated rings. The molecule has 0 unspecified atom stereocenters. The molecule has 19 heavy (non-hydrogen) atoms. The molecule has 2 aromatic rings. The first kappa shape index (κ1) is 12.5. The highest BCUT2D eigenvalue weighted by Gasteiger charge is 2.16. The molecule has 2 heterocycles. The third kappa shape index (κ3) is 3.09. The van der Waals surface area contributed by atoms with Crippen LogP contribution in [0.15, 0.2) is 6.33 Å².